The Kier molecular flexibility index (Phi) is 3.65. The Morgan fingerprint density at radius 3 is 2.36 bits per heavy atom. The molecule has 0 aromatic heterocycles. The minimum absolute atomic E-state index is 0.228. The molecule has 0 aliphatic rings. The van der Waals surface area contributed by atoms with Crippen molar-refractivity contribution >= 4 is 40.2 Å². The van der Waals surface area contributed by atoms with Crippen molar-refractivity contribution in [1.29, 1.82) is 0 Å². The third-order valence-corrected chi connectivity index (χ3v) is 2.89. The molecular weight excluding hydrogens is 246 g/mol. The van der Waals surface area contributed by atoms with E-state index in [2.05, 4.69) is 0 Å². The summed E-state index contributed by atoms with van der Waals surface area (Å²) in [7, 11) is 0. The molecule has 0 aliphatic heterocycles. The largest absolute Gasteiger partial charge is 0.413 e. The van der Waals surface area contributed by atoms with E-state index in [1.165, 1.54) is 0 Å². The van der Waals surface area contributed by atoms with Crippen LogP contribution < -0.4 is 4.74 Å². The number of hydrogen-bond donors (Lipinski definition) is 0. The maximum Gasteiger partial charge on any atom is 0.409 e. The fourth-order valence-corrected chi connectivity index (χ4v) is 1.53. The molecule has 2 nitrogen and oxygen atoms in total. The first-order chi connectivity index (χ1) is 6.43. The quantitative estimate of drug-likeness (QED) is 0.696. The normalized spacial score (nSPS) is 10.1. The Morgan fingerprint density at radius 1 is 1.29 bits per heavy atom. The van der Waals surface area contributed by atoms with E-state index in [0.29, 0.717) is 15.6 Å². The molecule has 1 rings (SSSR count). The lowest BCUT2D eigenvalue weighted by Crippen LogP contribution is -1.98. The van der Waals surface area contributed by atoms with Gasteiger partial charge in [0.15, 0.2) is 5.75 Å². The van der Waals surface area contributed by atoms with Gasteiger partial charge < -0.3 is 4.74 Å². The first kappa shape index (κ1) is 11.6. The Morgan fingerprint density at radius 2 is 1.86 bits per heavy atom. The molecule has 0 saturated heterocycles. The molecule has 0 fully saturated rings. The van der Waals surface area contributed by atoms with Crippen molar-refractivity contribution in [3.63, 3.8) is 0 Å². The van der Waals surface area contributed by atoms with Gasteiger partial charge in [0, 0.05) is 16.6 Å². The molecule has 0 bridgehead atoms. The van der Waals surface area contributed by atoms with E-state index in [-0.39, 0.29) is 5.75 Å². The van der Waals surface area contributed by atoms with Gasteiger partial charge in [-0.3, -0.25) is 0 Å². The average molecular weight is 254 g/mol. The van der Waals surface area contributed by atoms with Crippen LogP contribution in [0.5, 0.6) is 5.75 Å². The number of halogens is 3. The van der Waals surface area contributed by atoms with E-state index >= 15 is 0 Å². The van der Waals surface area contributed by atoms with Gasteiger partial charge in [0.1, 0.15) is 0 Å². The highest BCUT2D eigenvalue weighted by molar-refractivity contribution is 6.61. The maximum atomic E-state index is 10.5. The summed E-state index contributed by atoms with van der Waals surface area (Å²) in [5, 5.41) is 0.860. The number of carbonyl (C=O) groups excluding carboxylic acids is 1. The highest BCUT2D eigenvalue weighted by atomic mass is 35.5. The summed E-state index contributed by atoms with van der Waals surface area (Å²) in [6, 6.07) is 1.57. The van der Waals surface area contributed by atoms with Gasteiger partial charge in [-0.15, -0.1) is 0 Å². The first-order valence-electron chi connectivity index (χ1n) is 3.76. The summed E-state index contributed by atoms with van der Waals surface area (Å²) >= 11 is 16.9. The zero-order valence-corrected chi connectivity index (χ0v) is 9.80. The molecule has 5 heteroatoms. The zero-order valence-electron chi connectivity index (χ0n) is 7.53. The third kappa shape index (κ3) is 2.32. The lowest BCUT2D eigenvalue weighted by molar-refractivity contribution is 0.225. The molecule has 0 atom stereocenters. The molecule has 0 heterocycles. The molecule has 0 radical (unpaired) electrons. The van der Waals surface area contributed by atoms with Crippen LogP contribution in [0.2, 0.25) is 10.0 Å². The van der Waals surface area contributed by atoms with Crippen LogP contribution in [0.25, 0.3) is 0 Å². The number of carbonyl (C=O) groups is 1. The average Bonchev–Trinajstić information content (AvgIpc) is 2.10. The van der Waals surface area contributed by atoms with Crippen LogP contribution in [-0.4, -0.2) is 5.43 Å². The van der Waals surface area contributed by atoms with Crippen molar-refractivity contribution in [3.8, 4) is 5.75 Å². The fraction of sp³-hybridized carbons (Fsp3) is 0.222. The van der Waals surface area contributed by atoms with Gasteiger partial charge in [-0.1, -0.05) is 23.2 Å². The molecule has 0 amide bonds. The second-order valence-electron chi connectivity index (χ2n) is 2.78. The molecule has 0 N–H and O–H groups in total. The van der Waals surface area contributed by atoms with Crippen molar-refractivity contribution < 1.29 is 9.53 Å². The summed E-state index contributed by atoms with van der Waals surface area (Å²) in [5.41, 5.74) is 0.524. The first-order valence-corrected chi connectivity index (χ1v) is 4.89. The van der Waals surface area contributed by atoms with Crippen LogP contribution >= 0.6 is 34.8 Å². The minimum Gasteiger partial charge on any atom is -0.413 e. The van der Waals surface area contributed by atoms with Crippen LogP contribution in [0.15, 0.2) is 6.07 Å². The van der Waals surface area contributed by atoms with Gasteiger partial charge in [-0.2, -0.15) is 0 Å². The van der Waals surface area contributed by atoms with E-state index < -0.39 is 5.43 Å². The third-order valence-electron chi connectivity index (χ3n) is 1.76. The van der Waals surface area contributed by atoms with Crippen LogP contribution in [0.4, 0.5) is 4.79 Å². The SMILES string of the molecule is Cc1cc(OC(=O)Cl)c(Cl)c(C)c1Cl. The summed E-state index contributed by atoms with van der Waals surface area (Å²) in [5.74, 6) is 0.228. The van der Waals surface area contributed by atoms with Gasteiger partial charge in [-0.05, 0) is 31.0 Å². The second kappa shape index (κ2) is 4.39. The predicted molar refractivity (Wildman–Crippen MR) is 57.8 cm³/mol. The van der Waals surface area contributed by atoms with Crippen molar-refractivity contribution in [1.82, 2.24) is 0 Å². The molecule has 0 saturated carbocycles. The van der Waals surface area contributed by atoms with Crippen LogP contribution in [0.3, 0.4) is 0 Å². The Balaban J connectivity index is 3.25. The van der Waals surface area contributed by atoms with Crippen LogP contribution in [0.1, 0.15) is 11.1 Å². The molecule has 0 spiro atoms. The van der Waals surface area contributed by atoms with Gasteiger partial charge >= 0.3 is 5.43 Å². The van der Waals surface area contributed by atoms with E-state index in [1.807, 2.05) is 0 Å². The summed E-state index contributed by atoms with van der Waals surface area (Å²) in [6.07, 6.45) is 0. The topological polar surface area (TPSA) is 26.3 Å². The summed E-state index contributed by atoms with van der Waals surface area (Å²) in [6.45, 7) is 3.53. The van der Waals surface area contributed by atoms with Crippen molar-refractivity contribution in [3.05, 3.63) is 27.2 Å². The number of ether oxygens (including phenoxy) is 1. The highest BCUT2D eigenvalue weighted by Crippen LogP contribution is 2.35. The summed E-state index contributed by atoms with van der Waals surface area (Å²) in [4.78, 5) is 10.5. The molecule has 14 heavy (non-hydrogen) atoms. The Labute approximate surface area is 96.7 Å². The van der Waals surface area contributed by atoms with E-state index in [9.17, 15) is 4.79 Å². The minimum atomic E-state index is -0.923. The number of hydrogen-bond acceptors (Lipinski definition) is 2. The summed E-state index contributed by atoms with van der Waals surface area (Å²) < 4.78 is 4.70. The van der Waals surface area contributed by atoms with Crippen LogP contribution in [-0.2, 0) is 0 Å². The Hall–Kier alpha value is -0.440. The zero-order chi connectivity index (χ0) is 10.9. The fourth-order valence-electron chi connectivity index (χ4n) is 1.06. The Bertz CT molecular complexity index is 388. The highest BCUT2D eigenvalue weighted by Gasteiger charge is 2.13. The predicted octanol–water partition coefficient (Wildman–Crippen LogP) is 4.35. The van der Waals surface area contributed by atoms with E-state index in [1.54, 1.807) is 19.9 Å². The molecule has 1 aromatic rings. The smallest absolute Gasteiger partial charge is 0.409 e. The lowest BCUT2D eigenvalue weighted by atomic mass is 10.1. The number of benzene rings is 1. The second-order valence-corrected chi connectivity index (χ2v) is 3.85. The lowest BCUT2D eigenvalue weighted by Gasteiger charge is -2.09. The van der Waals surface area contributed by atoms with Crippen molar-refractivity contribution in [2.75, 3.05) is 0 Å². The van der Waals surface area contributed by atoms with Gasteiger partial charge in [0.25, 0.3) is 0 Å². The molecule has 1 aromatic carbocycles. The van der Waals surface area contributed by atoms with E-state index in [4.69, 9.17) is 39.5 Å². The van der Waals surface area contributed by atoms with Crippen molar-refractivity contribution in [2.45, 2.75) is 13.8 Å². The maximum absolute atomic E-state index is 10.5. The van der Waals surface area contributed by atoms with Gasteiger partial charge in [0.2, 0.25) is 0 Å². The molecule has 0 unspecified atom stereocenters. The van der Waals surface area contributed by atoms with Crippen molar-refractivity contribution in [2.24, 2.45) is 0 Å². The van der Waals surface area contributed by atoms with Crippen LogP contribution in [0, 0.1) is 13.8 Å². The molecular formula is C9H7Cl3O2. The standard InChI is InChI=1S/C9H7Cl3O2/c1-4-3-6(14-9(12)13)8(11)5(2)7(4)10/h3H,1-2H3. The molecule has 76 valence electrons. The van der Waals surface area contributed by atoms with E-state index in [0.717, 1.165) is 5.56 Å². The number of aryl methyl sites for hydroxylation is 1. The van der Waals surface area contributed by atoms with Gasteiger partial charge in [-0.25, -0.2) is 4.79 Å². The number of rotatable bonds is 1. The van der Waals surface area contributed by atoms with Gasteiger partial charge in [0.05, 0.1) is 5.02 Å². The monoisotopic (exact) mass is 252 g/mol. The molecule has 0 aliphatic carbocycles.